The molecule has 0 N–H and O–H groups in total. The van der Waals surface area contributed by atoms with Crippen LogP contribution in [0.3, 0.4) is 0 Å². The molecule has 0 radical (unpaired) electrons. The molecule has 1 aromatic carbocycles. The zero-order valence-electron chi connectivity index (χ0n) is 12.3. The fraction of sp³-hybridized carbons (Fsp3) is 0.286. The standard InChI is InChI=1S/C14H14N4O2S2/c1-8-15-16-14-17(8)18-12(22-14)7-21-13(18)9-4-5-10(19-2)11(6-9)20-3/h4-7,13H,1-3H3. The van der Waals surface area contributed by atoms with Crippen LogP contribution in [0.4, 0.5) is 0 Å². The highest BCUT2D eigenvalue weighted by molar-refractivity contribution is 8.07. The molecule has 2 aliphatic heterocycles. The summed E-state index contributed by atoms with van der Waals surface area (Å²) in [6, 6.07) is 6.03. The van der Waals surface area contributed by atoms with E-state index in [1.54, 1.807) is 37.7 Å². The number of aromatic nitrogens is 3. The number of fused-ring (bicyclic) bond motifs is 3. The third kappa shape index (κ3) is 1.90. The number of hydrogen-bond donors (Lipinski definition) is 0. The number of methoxy groups -OCH3 is 2. The highest BCUT2D eigenvalue weighted by Crippen LogP contribution is 2.51. The van der Waals surface area contributed by atoms with E-state index in [0.717, 1.165) is 28.0 Å². The van der Waals surface area contributed by atoms with Gasteiger partial charge in [-0.2, -0.15) is 0 Å². The van der Waals surface area contributed by atoms with Gasteiger partial charge in [-0.05, 0) is 36.4 Å². The maximum atomic E-state index is 5.42. The minimum atomic E-state index is 0.137. The van der Waals surface area contributed by atoms with Crippen molar-refractivity contribution >= 4 is 23.5 Å². The van der Waals surface area contributed by atoms with Crippen LogP contribution in [0.2, 0.25) is 0 Å². The number of rotatable bonds is 3. The fourth-order valence-corrected chi connectivity index (χ4v) is 4.86. The Labute approximate surface area is 136 Å². The summed E-state index contributed by atoms with van der Waals surface area (Å²) in [5.74, 6) is 2.36. The van der Waals surface area contributed by atoms with Gasteiger partial charge in [0.2, 0.25) is 5.16 Å². The first kappa shape index (κ1) is 13.8. The monoisotopic (exact) mass is 334 g/mol. The van der Waals surface area contributed by atoms with Gasteiger partial charge in [-0.3, -0.25) is 5.01 Å². The average molecular weight is 334 g/mol. The van der Waals surface area contributed by atoms with Crippen molar-refractivity contribution in [1.82, 2.24) is 14.9 Å². The molecule has 0 amide bonds. The van der Waals surface area contributed by atoms with E-state index in [9.17, 15) is 0 Å². The van der Waals surface area contributed by atoms with Crippen molar-refractivity contribution in [2.24, 2.45) is 0 Å². The number of ether oxygens (including phenoxy) is 2. The fourth-order valence-electron chi connectivity index (χ4n) is 2.59. The van der Waals surface area contributed by atoms with Gasteiger partial charge in [0.25, 0.3) is 0 Å². The van der Waals surface area contributed by atoms with Gasteiger partial charge in [-0.15, -0.1) is 10.2 Å². The molecule has 2 aliphatic rings. The molecule has 1 aromatic heterocycles. The molecule has 22 heavy (non-hydrogen) atoms. The molecule has 0 saturated carbocycles. The minimum Gasteiger partial charge on any atom is -0.493 e. The summed E-state index contributed by atoms with van der Waals surface area (Å²) in [6.45, 7) is 1.97. The number of hydrogen-bond acceptors (Lipinski definition) is 7. The van der Waals surface area contributed by atoms with Crippen molar-refractivity contribution in [3.05, 3.63) is 40.0 Å². The molecule has 0 spiro atoms. The van der Waals surface area contributed by atoms with Gasteiger partial charge in [-0.1, -0.05) is 17.8 Å². The van der Waals surface area contributed by atoms with E-state index in [1.165, 1.54) is 5.03 Å². The van der Waals surface area contributed by atoms with Crippen LogP contribution >= 0.6 is 23.5 Å². The predicted molar refractivity (Wildman–Crippen MR) is 86.8 cm³/mol. The van der Waals surface area contributed by atoms with Gasteiger partial charge in [0.15, 0.2) is 17.3 Å². The molecule has 8 heteroatoms. The number of benzene rings is 1. The van der Waals surface area contributed by atoms with Crippen molar-refractivity contribution in [3.8, 4) is 11.5 Å². The Morgan fingerprint density at radius 2 is 1.95 bits per heavy atom. The Kier molecular flexibility index (Phi) is 3.23. The van der Waals surface area contributed by atoms with Crippen LogP contribution in [0.15, 0.2) is 33.8 Å². The Balaban J connectivity index is 1.74. The van der Waals surface area contributed by atoms with Crippen LogP contribution in [0.1, 0.15) is 16.8 Å². The van der Waals surface area contributed by atoms with Crippen LogP contribution in [0, 0.1) is 6.92 Å². The smallest absolute Gasteiger partial charge is 0.216 e. The van der Waals surface area contributed by atoms with E-state index in [0.29, 0.717) is 0 Å². The van der Waals surface area contributed by atoms with Crippen LogP contribution in [0.5, 0.6) is 11.5 Å². The second kappa shape index (κ2) is 5.13. The van der Waals surface area contributed by atoms with E-state index >= 15 is 0 Å². The third-order valence-electron chi connectivity index (χ3n) is 3.62. The first-order valence-corrected chi connectivity index (χ1v) is 8.46. The third-order valence-corrected chi connectivity index (χ3v) is 5.81. The Morgan fingerprint density at radius 1 is 1.14 bits per heavy atom. The summed E-state index contributed by atoms with van der Waals surface area (Å²) in [5, 5.41) is 15.0. The zero-order chi connectivity index (χ0) is 15.3. The van der Waals surface area contributed by atoms with Gasteiger partial charge >= 0.3 is 0 Å². The van der Waals surface area contributed by atoms with E-state index < -0.39 is 0 Å². The highest BCUT2D eigenvalue weighted by atomic mass is 32.2. The number of thioether (sulfide) groups is 2. The van der Waals surface area contributed by atoms with Crippen LogP contribution in [0.25, 0.3) is 0 Å². The molecular formula is C14H14N4O2S2. The van der Waals surface area contributed by atoms with Crippen molar-refractivity contribution in [2.75, 3.05) is 19.2 Å². The molecule has 0 saturated heterocycles. The molecular weight excluding hydrogens is 320 g/mol. The number of nitrogens with zero attached hydrogens (tertiary/aromatic N) is 4. The van der Waals surface area contributed by atoms with Crippen LogP contribution in [-0.2, 0) is 0 Å². The Bertz CT molecular complexity index is 774. The molecule has 114 valence electrons. The minimum absolute atomic E-state index is 0.137. The van der Waals surface area contributed by atoms with E-state index in [1.807, 2.05) is 19.1 Å². The Morgan fingerprint density at radius 3 is 2.73 bits per heavy atom. The molecule has 2 aromatic rings. The normalized spacial score (nSPS) is 19.0. The quantitative estimate of drug-likeness (QED) is 0.855. The number of aryl methyl sites for hydroxylation is 1. The molecule has 1 atom stereocenters. The van der Waals surface area contributed by atoms with Gasteiger partial charge in [0, 0.05) is 5.41 Å². The van der Waals surface area contributed by atoms with Crippen molar-refractivity contribution in [3.63, 3.8) is 0 Å². The van der Waals surface area contributed by atoms with E-state index in [2.05, 4.69) is 31.4 Å². The first-order chi connectivity index (χ1) is 10.7. The largest absolute Gasteiger partial charge is 0.493 e. The summed E-state index contributed by atoms with van der Waals surface area (Å²) in [5.41, 5.74) is 1.15. The second-order valence-corrected chi connectivity index (χ2v) is 6.79. The van der Waals surface area contributed by atoms with Crippen molar-refractivity contribution < 1.29 is 9.47 Å². The molecule has 6 nitrogen and oxygen atoms in total. The topological polar surface area (TPSA) is 52.4 Å². The lowest BCUT2D eigenvalue weighted by Gasteiger charge is -2.25. The van der Waals surface area contributed by atoms with Gasteiger partial charge in [0.1, 0.15) is 10.4 Å². The highest BCUT2D eigenvalue weighted by Gasteiger charge is 2.39. The molecule has 0 aliphatic carbocycles. The molecule has 0 bridgehead atoms. The van der Waals surface area contributed by atoms with Crippen molar-refractivity contribution in [2.45, 2.75) is 17.5 Å². The Hall–Kier alpha value is -1.80. The van der Waals surface area contributed by atoms with Gasteiger partial charge in [0.05, 0.1) is 14.2 Å². The van der Waals surface area contributed by atoms with Crippen LogP contribution in [-0.4, -0.2) is 29.1 Å². The van der Waals surface area contributed by atoms with Gasteiger partial charge in [-0.25, -0.2) is 4.68 Å². The lowest BCUT2D eigenvalue weighted by molar-refractivity contribution is 0.354. The summed E-state index contributed by atoms with van der Waals surface area (Å²) in [7, 11) is 3.30. The maximum Gasteiger partial charge on any atom is 0.216 e. The van der Waals surface area contributed by atoms with Crippen LogP contribution < -0.4 is 14.5 Å². The van der Waals surface area contributed by atoms with Crippen molar-refractivity contribution in [1.29, 1.82) is 0 Å². The first-order valence-electron chi connectivity index (χ1n) is 6.70. The molecule has 0 fully saturated rings. The maximum absolute atomic E-state index is 5.42. The molecule has 1 unspecified atom stereocenters. The van der Waals surface area contributed by atoms with E-state index in [-0.39, 0.29) is 5.37 Å². The summed E-state index contributed by atoms with van der Waals surface area (Å²) >= 11 is 3.41. The van der Waals surface area contributed by atoms with Gasteiger partial charge < -0.3 is 9.47 Å². The SMILES string of the molecule is COc1ccc(C2SC=C3Sc4nnc(C)n4N32)cc1OC. The molecule has 4 rings (SSSR count). The average Bonchev–Trinajstić information content (AvgIpc) is 3.19. The predicted octanol–water partition coefficient (Wildman–Crippen LogP) is 2.89. The summed E-state index contributed by atoms with van der Waals surface area (Å²) in [6.07, 6.45) is 0. The lowest BCUT2D eigenvalue weighted by Crippen LogP contribution is -2.30. The van der Waals surface area contributed by atoms with E-state index in [4.69, 9.17) is 9.47 Å². The second-order valence-electron chi connectivity index (χ2n) is 4.85. The zero-order valence-corrected chi connectivity index (χ0v) is 13.9. The summed E-state index contributed by atoms with van der Waals surface area (Å²) < 4.78 is 12.8. The lowest BCUT2D eigenvalue weighted by atomic mass is 10.2. The molecule has 3 heterocycles. The summed E-state index contributed by atoms with van der Waals surface area (Å²) in [4.78, 5) is 0.